The number of aromatic nitrogens is 1. The van der Waals surface area contributed by atoms with Crippen LogP contribution in [0.4, 0.5) is 5.69 Å². The van der Waals surface area contributed by atoms with Crippen LogP contribution >= 0.6 is 22.9 Å². The van der Waals surface area contributed by atoms with Crippen molar-refractivity contribution in [2.75, 3.05) is 10.8 Å². The third-order valence-corrected chi connectivity index (χ3v) is 8.48. The number of anilines is 1. The van der Waals surface area contributed by atoms with Gasteiger partial charge in [-0.2, -0.15) is 8.42 Å². The number of ether oxygens (including phenoxy) is 1. The van der Waals surface area contributed by atoms with Crippen molar-refractivity contribution < 1.29 is 23.1 Å². The van der Waals surface area contributed by atoms with Crippen molar-refractivity contribution in [2.24, 2.45) is 5.92 Å². The van der Waals surface area contributed by atoms with E-state index < -0.39 is 16.0 Å². The second kappa shape index (κ2) is 11.2. The number of nitrogens with zero attached hydrogens (tertiary/aromatic N) is 2. The topological polar surface area (TPSA) is 96.8 Å². The summed E-state index contributed by atoms with van der Waals surface area (Å²) in [5, 5.41) is 10.9. The number of carboxylic acids is 1. The van der Waals surface area contributed by atoms with Gasteiger partial charge < -0.3 is 9.84 Å². The highest BCUT2D eigenvalue weighted by Crippen LogP contribution is 2.38. The molecule has 10 heteroatoms. The van der Waals surface area contributed by atoms with Gasteiger partial charge in [-0.1, -0.05) is 49.7 Å². The number of hydrogen-bond acceptors (Lipinski definition) is 6. The molecule has 35 heavy (non-hydrogen) atoms. The van der Waals surface area contributed by atoms with Crippen LogP contribution in [0.25, 0.3) is 6.08 Å². The van der Waals surface area contributed by atoms with E-state index in [0.717, 1.165) is 34.1 Å². The van der Waals surface area contributed by atoms with Gasteiger partial charge in [-0.15, -0.1) is 11.3 Å². The Morgan fingerprint density at radius 1 is 1.23 bits per heavy atom. The maximum absolute atomic E-state index is 13.6. The van der Waals surface area contributed by atoms with Crippen molar-refractivity contribution in [3.05, 3.63) is 75.3 Å². The van der Waals surface area contributed by atoms with Gasteiger partial charge in [-0.05, 0) is 48.6 Å². The number of rotatable bonds is 10. The second-order valence-electron chi connectivity index (χ2n) is 8.46. The number of aliphatic carboxylic acids is 1. The summed E-state index contributed by atoms with van der Waals surface area (Å²) in [6.45, 7) is 7.86. The van der Waals surface area contributed by atoms with Crippen molar-refractivity contribution in [3.8, 4) is 5.75 Å². The molecular weight excluding hydrogens is 508 g/mol. The molecule has 2 aromatic carbocycles. The third kappa shape index (κ3) is 6.84. The molecule has 0 aliphatic carbocycles. The second-order valence-corrected chi connectivity index (χ2v) is 11.8. The predicted octanol–water partition coefficient (Wildman–Crippen LogP) is 5.94. The number of carbonyl (C=O) groups is 1. The summed E-state index contributed by atoms with van der Waals surface area (Å²) in [5.41, 5.74) is 3.33. The lowest BCUT2D eigenvalue weighted by molar-refractivity contribution is -0.131. The molecule has 0 aliphatic rings. The first-order chi connectivity index (χ1) is 16.5. The first kappa shape index (κ1) is 26.7. The largest absolute Gasteiger partial charge is 0.487 e. The lowest BCUT2D eigenvalue weighted by atomic mass is 10.1. The average molecular weight is 535 g/mol. The first-order valence-corrected chi connectivity index (χ1v) is 13.5. The quantitative estimate of drug-likeness (QED) is 0.323. The number of carboxylic acid groups (broad SMARTS) is 1. The molecule has 1 aromatic heterocycles. The zero-order valence-corrected chi connectivity index (χ0v) is 22.2. The number of sulfonamides is 1. The monoisotopic (exact) mass is 534 g/mol. The van der Waals surface area contributed by atoms with Crippen LogP contribution in [-0.4, -0.2) is 31.0 Å². The van der Waals surface area contributed by atoms with Crippen molar-refractivity contribution >= 4 is 50.7 Å². The molecule has 0 spiro atoms. The molecular formula is C25H27ClN2O5S2. The van der Waals surface area contributed by atoms with Gasteiger partial charge in [0, 0.05) is 34.8 Å². The van der Waals surface area contributed by atoms with Crippen LogP contribution in [0.15, 0.2) is 52.2 Å². The van der Waals surface area contributed by atoms with E-state index in [4.69, 9.17) is 21.4 Å². The fourth-order valence-corrected chi connectivity index (χ4v) is 6.13. The molecule has 3 rings (SSSR count). The molecule has 0 aliphatic heterocycles. The molecule has 0 atom stereocenters. The summed E-state index contributed by atoms with van der Waals surface area (Å²) in [7, 11) is -3.92. The van der Waals surface area contributed by atoms with E-state index in [9.17, 15) is 13.2 Å². The molecule has 0 saturated carbocycles. The highest BCUT2D eigenvalue weighted by molar-refractivity contribution is 7.94. The van der Waals surface area contributed by atoms with E-state index in [1.165, 1.54) is 10.4 Å². The van der Waals surface area contributed by atoms with Gasteiger partial charge >= 0.3 is 5.97 Å². The highest BCUT2D eigenvalue weighted by Gasteiger charge is 2.31. The van der Waals surface area contributed by atoms with Crippen LogP contribution in [0.5, 0.6) is 5.75 Å². The SMILES string of the molecule is Cc1csc(S(=O)(=O)N(CC(C)C)c2cc(C)c(Cl)cc2OCc2ccc(C=CC(=O)O)cc2)n1. The molecule has 0 amide bonds. The molecule has 1 N–H and O–H groups in total. The minimum Gasteiger partial charge on any atom is -0.487 e. The Hall–Kier alpha value is -2.88. The van der Waals surface area contributed by atoms with Crippen LogP contribution < -0.4 is 9.04 Å². The molecule has 0 unspecified atom stereocenters. The van der Waals surface area contributed by atoms with Gasteiger partial charge in [0.25, 0.3) is 10.0 Å². The van der Waals surface area contributed by atoms with Crippen molar-refractivity contribution in [1.82, 2.24) is 4.98 Å². The van der Waals surface area contributed by atoms with Gasteiger partial charge in [0.2, 0.25) is 4.34 Å². The van der Waals surface area contributed by atoms with Crippen molar-refractivity contribution in [1.29, 1.82) is 0 Å². The fourth-order valence-electron chi connectivity index (χ4n) is 3.21. The minimum atomic E-state index is -3.92. The van der Waals surface area contributed by atoms with Gasteiger partial charge in [-0.25, -0.2) is 9.78 Å². The standard InChI is InChI=1S/C25H27ClN2O5S2/c1-16(2)13-28(35(31,32)25-27-18(4)15-34-25)22-11-17(3)21(26)12-23(22)33-14-20-7-5-19(6-8-20)9-10-24(29)30/h5-12,15-16H,13-14H2,1-4H3,(H,29,30). The first-order valence-electron chi connectivity index (χ1n) is 10.8. The van der Waals surface area contributed by atoms with Crippen LogP contribution in [-0.2, 0) is 21.4 Å². The smallest absolute Gasteiger partial charge is 0.328 e. The molecule has 0 saturated heterocycles. The van der Waals surface area contributed by atoms with Crippen LogP contribution in [0.3, 0.4) is 0 Å². The predicted molar refractivity (Wildman–Crippen MR) is 140 cm³/mol. The molecule has 3 aromatic rings. The maximum Gasteiger partial charge on any atom is 0.328 e. The zero-order chi connectivity index (χ0) is 25.8. The van der Waals surface area contributed by atoms with Gasteiger partial charge in [-0.3, -0.25) is 4.31 Å². The van der Waals surface area contributed by atoms with E-state index >= 15 is 0 Å². The van der Waals surface area contributed by atoms with Gasteiger partial charge in [0.1, 0.15) is 12.4 Å². The summed E-state index contributed by atoms with van der Waals surface area (Å²) in [5.74, 6) is -0.635. The van der Waals surface area contributed by atoms with E-state index in [1.807, 2.05) is 32.9 Å². The fraction of sp³-hybridized carbons (Fsp3) is 0.280. The number of hydrogen-bond donors (Lipinski definition) is 1. The summed E-state index contributed by atoms with van der Waals surface area (Å²) in [6, 6.07) is 10.5. The summed E-state index contributed by atoms with van der Waals surface area (Å²) < 4.78 is 34.6. The Morgan fingerprint density at radius 2 is 1.91 bits per heavy atom. The Kier molecular flexibility index (Phi) is 8.58. The van der Waals surface area contributed by atoms with Crippen LogP contribution in [0, 0.1) is 19.8 Å². The number of halogens is 1. The molecule has 0 radical (unpaired) electrons. The highest BCUT2D eigenvalue weighted by atomic mass is 35.5. The number of aryl methyl sites for hydroxylation is 2. The van der Waals surface area contributed by atoms with Crippen LogP contribution in [0.1, 0.15) is 36.2 Å². The Bertz CT molecular complexity index is 1330. The van der Waals surface area contributed by atoms with Crippen LogP contribution in [0.2, 0.25) is 5.02 Å². The minimum absolute atomic E-state index is 0.0270. The lowest BCUT2D eigenvalue weighted by Crippen LogP contribution is -2.34. The molecule has 1 heterocycles. The third-order valence-electron chi connectivity index (χ3n) is 4.94. The lowest BCUT2D eigenvalue weighted by Gasteiger charge is -2.27. The Morgan fingerprint density at radius 3 is 2.49 bits per heavy atom. The summed E-state index contributed by atoms with van der Waals surface area (Å²) >= 11 is 7.47. The Labute approximate surface area is 214 Å². The van der Waals surface area contributed by atoms with Gasteiger partial charge in [0.15, 0.2) is 0 Å². The normalized spacial score (nSPS) is 11.8. The summed E-state index contributed by atoms with van der Waals surface area (Å²) in [4.78, 5) is 14.9. The Balaban J connectivity index is 1.96. The summed E-state index contributed by atoms with van der Waals surface area (Å²) in [6.07, 6.45) is 2.57. The number of benzene rings is 2. The molecule has 0 fully saturated rings. The average Bonchev–Trinajstić information content (AvgIpc) is 3.24. The molecule has 186 valence electrons. The molecule has 0 bridgehead atoms. The number of thiazole rings is 1. The van der Waals surface area contributed by atoms with E-state index in [-0.39, 0.29) is 23.4 Å². The van der Waals surface area contributed by atoms with Gasteiger partial charge in [0.05, 0.1) is 5.69 Å². The van der Waals surface area contributed by atoms with E-state index in [0.29, 0.717) is 22.2 Å². The van der Waals surface area contributed by atoms with E-state index in [1.54, 1.807) is 36.6 Å². The van der Waals surface area contributed by atoms with E-state index in [2.05, 4.69) is 4.98 Å². The zero-order valence-electron chi connectivity index (χ0n) is 19.9. The molecule has 7 nitrogen and oxygen atoms in total. The maximum atomic E-state index is 13.6. The van der Waals surface area contributed by atoms with Crippen molar-refractivity contribution in [2.45, 2.75) is 38.6 Å². The van der Waals surface area contributed by atoms with Crippen molar-refractivity contribution in [3.63, 3.8) is 0 Å².